The molecule has 0 aliphatic carbocycles. The number of nitrogens with zero attached hydrogens (tertiary/aromatic N) is 1. The second-order valence-corrected chi connectivity index (χ2v) is 6.41. The highest BCUT2D eigenvalue weighted by molar-refractivity contribution is 6.54. The molecule has 0 saturated carbocycles. The molecular weight excluding hydrogens is 315 g/mol. The molecule has 24 heavy (non-hydrogen) atoms. The summed E-state index contributed by atoms with van der Waals surface area (Å²) < 4.78 is 28.6. The van der Waals surface area contributed by atoms with Crippen molar-refractivity contribution in [3.05, 3.63) is 24.3 Å². The van der Waals surface area contributed by atoms with Crippen molar-refractivity contribution in [2.75, 3.05) is 51.9 Å². The number of carbonyl (C=O) groups excluding carboxylic acids is 1. The first kappa shape index (κ1) is 15.7. The molecule has 3 saturated heterocycles. The molecule has 130 valence electrons. The number of quaternary nitrogens is 1. The first-order chi connectivity index (χ1) is 11.6. The van der Waals surface area contributed by atoms with Gasteiger partial charge in [-0.2, -0.15) is 0 Å². The van der Waals surface area contributed by atoms with Gasteiger partial charge in [-0.1, -0.05) is 6.07 Å². The molecule has 9 heteroatoms. The van der Waals surface area contributed by atoms with Crippen LogP contribution in [-0.2, 0) is 18.7 Å². The monoisotopic (exact) mass is 336 g/mol. The van der Waals surface area contributed by atoms with Crippen LogP contribution in [-0.4, -0.2) is 70.0 Å². The van der Waals surface area contributed by atoms with Crippen molar-refractivity contribution in [1.82, 2.24) is 0 Å². The van der Waals surface area contributed by atoms with Crippen LogP contribution in [0.5, 0.6) is 5.75 Å². The maximum Gasteiger partial charge on any atom is 0.625 e. The number of anilines is 1. The van der Waals surface area contributed by atoms with Crippen LogP contribution >= 0.6 is 0 Å². The van der Waals surface area contributed by atoms with Gasteiger partial charge < -0.3 is 27.8 Å². The Kier molecular flexibility index (Phi) is 3.88. The minimum atomic E-state index is -1.71. The summed E-state index contributed by atoms with van der Waals surface area (Å²) >= 11 is 0. The van der Waals surface area contributed by atoms with Gasteiger partial charge in [0, 0.05) is 11.8 Å². The van der Waals surface area contributed by atoms with Gasteiger partial charge in [-0.25, -0.2) is 4.79 Å². The summed E-state index contributed by atoms with van der Waals surface area (Å²) in [5.41, 5.74) is 0.615. The summed E-state index contributed by atoms with van der Waals surface area (Å²) in [6.45, 7) is 2.33. The largest absolute Gasteiger partial charge is 0.625 e. The van der Waals surface area contributed by atoms with E-state index in [0.29, 0.717) is 29.0 Å². The molecule has 1 amide bonds. The molecule has 8 nitrogen and oxygen atoms in total. The van der Waals surface area contributed by atoms with Crippen LogP contribution in [0.2, 0.25) is 0 Å². The minimum absolute atomic E-state index is 0.173. The van der Waals surface area contributed by atoms with E-state index >= 15 is 0 Å². The van der Waals surface area contributed by atoms with Gasteiger partial charge >= 0.3 is 13.0 Å². The highest BCUT2D eigenvalue weighted by Crippen LogP contribution is 2.41. The minimum Gasteiger partial charge on any atom is -0.497 e. The van der Waals surface area contributed by atoms with E-state index in [1.165, 1.54) is 0 Å². The summed E-state index contributed by atoms with van der Waals surface area (Å²) in [5, 5.41) is 2.68. The van der Waals surface area contributed by atoms with Gasteiger partial charge in [-0.3, -0.25) is 5.32 Å². The Hall–Kier alpha value is -1.81. The molecule has 1 N–H and O–H groups in total. The molecule has 3 aliphatic heterocycles. The fourth-order valence-electron chi connectivity index (χ4n) is 3.89. The molecule has 1 aromatic carbocycles. The number of benzene rings is 1. The molecule has 3 fully saturated rings. The zero-order chi connectivity index (χ0) is 16.6. The van der Waals surface area contributed by atoms with Gasteiger partial charge in [0.15, 0.2) is 0 Å². The Morgan fingerprint density at radius 3 is 2.88 bits per heavy atom. The fraction of sp³-hybridized carbons (Fsp3) is 0.533. The van der Waals surface area contributed by atoms with Gasteiger partial charge in [0.2, 0.25) is 0 Å². The Balaban J connectivity index is 1.31. The Labute approximate surface area is 140 Å². The van der Waals surface area contributed by atoms with Gasteiger partial charge in [0.05, 0.1) is 40.0 Å². The topological polar surface area (TPSA) is 75.3 Å². The summed E-state index contributed by atoms with van der Waals surface area (Å²) in [6, 6.07) is 7.09. The number of methoxy groups -OCH3 is 1. The number of nitrogens with one attached hydrogen (secondary N) is 1. The van der Waals surface area contributed by atoms with E-state index in [1.54, 1.807) is 31.4 Å². The van der Waals surface area contributed by atoms with Crippen molar-refractivity contribution >= 4 is 18.7 Å². The molecule has 3 heterocycles. The summed E-state index contributed by atoms with van der Waals surface area (Å²) in [4.78, 5) is 12.0. The van der Waals surface area contributed by atoms with E-state index in [9.17, 15) is 4.79 Å². The third-order valence-electron chi connectivity index (χ3n) is 5.05. The maximum atomic E-state index is 12.0. The Morgan fingerprint density at radius 2 is 2.17 bits per heavy atom. The number of ether oxygens (including phenoxy) is 2. The number of hydrogen-bond donors (Lipinski definition) is 1. The van der Waals surface area contributed by atoms with Gasteiger partial charge in [-0.15, -0.1) is 0 Å². The average Bonchev–Trinajstić information content (AvgIpc) is 3.14. The molecule has 0 aromatic heterocycles. The van der Waals surface area contributed by atoms with E-state index in [2.05, 4.69) is 5.32 Å². The molecule has 3 aliphatic rings. The van der Waals surface area contributed by atoms with Crippen molar-refractivity contribution < 1.29 is 32.6 Å². The third-order valence-corrected chi connectivity index (χ3v) is 5.05. The molecule has 1 unspecified atom stereocenters. The molecular formula is C15H21BN2O6. The van der Waals surface area contributed by atoms with Crippen LogP contribution < -0.4 is 10.1 Å². The van der Waals surface area contributed by atoms with Gasteiger partial charge in [0.25, 0.3) is 0 Å². The lowest BCUT2D eigenvalue weighted by molar-refractivity contribution is -0.816. The van der Waals surface area contributed by atoms with Gasteiger partial charge in [-0.05, 0) is 12.1 Å². The third kappa shape index (κ3) is 2.53. The van der Waals surface area contributed by atoms with Crippen LogP contribution in [0.4, 0.5) is 10.5 Å². The predicted molar refractivity (Wildman–Crippen MR) is 85.4 cm³/mol. The fourth-order valence-corrected chi connectivity index (χ4v) is 3.89. The molecule has 0 bridgehead atoms. The molecule has 0 spiro atoms. The van der Waals surface area contributed by atoms with Crippen LogP contribution in [0.3, 0.4) is 0 Å². The van der Waals surface area contributed by atoms with Crippen LogP contribution in [0.1, 0.15) is 0 Å². The Bertz CT molecular complexity index is 612. The van der Waals surface area contributed by atoms with Crippen molar-refractivity contribution in [1.29, 1.82) is 0 Å². The number of amides is 1. The van der Waals surface area contributed by atoms with Crippen molar-refractivity contribution in [3.63, 3.8) is 0 Å². The highest BCUT2D eigenvalue weighted by Gasteiger charge is 2.66. The van der Waals surface area contributed by atoms with Crippen LogP contribution in [0.15, 0.2) is 24.3 Å². The molecule has 0 radical (unpaired) electrons. The average molecular weight is 336 g/mol. The van der Waals surface area contributed by atoms with Crippen molar-refractivity contribution in [2.24, 2.45) is 0 Å². The second kappa shape index (κ2) is 5.93. The molecule has 1 atom stereocenters. The lowest BCUT2D eigenvalue weighted by Gasteiger charge is -2.37. The Morgan fingerprint density at radius 1 is 1.38 bits per heavy atom. The van der Waals surface area contributed by atoms with E-state index in [4.69, 9.17) is 23.4 Å². The molecule has 4 rings (SSSR count). The number of rotatable bonds is 4. The predicted octanol–water partition coefficient (Wildman–Crippen LogP) is 0.955. The lowest BCUT2D eigenvalue weighted by atomic mass is 9.94. The van der Waals surface area contributed by atoms with E-state index in [-0.39, 0.29) is 12.7 Å². The normalized spacial score (nSPS) is 33.8. The van der Waals surface area contributed by atoms with Crippen LogP contribution in [0.25, 0.3) is 0 Å². The quantitative estimate of drug-likeness (QED) is 0.826. The summed E-state index contributed by atoms with van der Waals surface area (Å²) in [5.74, 6) is 0.667. The highest BCUT2D eigenvalue weighted by atomic mass is 16.8. The zero-order valence-electron chi connectivity index (χ0n) is 13.6. The zero-order valence-corrected chi connectivity index (χ0v) is 13.6. The summed E-state index contributed by atoms with van der Waals surface area (Å²) in [6.07, 6.45) is -0.729. The molecule has 1 aromatic rings. The standard InChI is InChI=1S/C15H21BN2O6/c1-20-13-4-2-3-12(9-13)17-15(19)21-11-14-10-18-5-7-22-16(18,24-14)23-8-6-18/h2-4,9,14H,5-8,10-11H2,1H3,(H,17,19). The maximum absolute atomic E-state index is 12.0. The summed E-state index contributed by atoms with van der Waals surface area (Å²) in [7, 11) is 1.57. The van der Waals surface area contributed by atoms with E-state index < -0.39 is 13.0 Å². The number of hydrogen-bond acceptors (Lipinski definition) is 6. The van der Waals surface area contributed by atoms with Gasteiger partial charge in [0.1, 0.15) is 18.5 Å². The second-order valence-electron chi connectivity index (χ2n) is 6.41. The first-order valence-corrected chi connectivity index (χ1v) is 8.17. The first-order valence-electron chi connectivity index (χ1n) is 8.17. The SMILES string of the molecule is COc1cccc(NC(=O)OCC2C[N+]34CCO[B-]3(OCC4)O2)c1. The van der Waals surface area contributed by atoms with E-state index in [1.807, 2.05) is 0 Å². The number of carbonyl (C=O) groups is 1. The lowest BCUT2D eigenvalue weighted by Crippen LogP contribution is -2.59. The van der Waals surface area contributed by atoms with Crippen LogP contribution in [0, 0.1) is 0 Å². The van der Waals surface area contributed by atoms with Crippen molar-refractivity contribution in [3.8, 4) is 5.75 Å². The smallest absolute Gasteiger partial charge is 0.497 e. The van der Waals surface area contributed by atoms with Crippen molar-refractivity contribution in [2.45, 2.75) is 6.10 Å². The van der Waals surface area contributed by atoms with E-state index in [0.717, 1.165) is 19.6 Å².